The first-order valence-corrected chi connectivity index (χ1v) is 13.2. The van der Waals surface area contributed by atoms with Gasteiger partial charge in [-0.05, 0) is 68.9 Å². The van der Waals surface area contributed by atoms with Crippen LogP contribution in [0.3, 0.4) is 0 Å². The molecule has 1 aliphatic heterocycles. The molecule has 1 aromatic heterocycles. The summed E-state index contributed by atoms with van der Waals surface area (Å²) < 4.78 is 16.1. The zero-order valence-corrected chi connectivity index (χ0v) is 22.3. The van der Waals surface area contributed by atoms with Gasteiger partial charge >= 0.3 is 12.0 Å². The standard InChI is InChI=1S/C29H31N5O5/c1-17(2)38-25-10-7-19(15-20(25)16-30)27-32-26(33-39-27)23-6-4-5-22-21(23)8-9-24(22)31-29(36)34-13-11-18(12-14-34)28(35)37-3/h4-7,10,15,17-18,24H,8-9,11-14H2,1-3H3,(H,31,36)/t24-/m0/s1. The predicted octanol–water partition coefficient (Wildman–Crippen LogP) is 4.64. The van der Waals surface area contributed by atoms with Crippen LogP contribution < -0.4 is 10.1 Å². The molecule has 10 heteroatoms. The molecule has 39 heavy (non-hydrogen) atoms. The molecule has 2 aliphatic rings. The van der Waals surface area contributed by atoms with Crippen molar-refractivity contribution < 1.29 is 23.6 Å². The average Bonchev–Trinajstić information content (AvgIpc) is 3.60. The smallest absolute Gasteiger partial charge is 0.317 e. The second-order valence-corrected chi connectivity index (χ2v) is 10.1. The third-order valence-electron chi connectivity index (χ3n) is 7.26. The van der Waals surface area contributed by atoms with Crippen molar-refractivity contribution in [2.24, 2.45) is 5.92 Å². The van der Waals surface area contributed by atoms with Crippen LogP contribution in [0.4, 0.5) is 4.79 Å². The minimum Gasteiger partial charge on any atom is -0.490 e. The summed E-state index contributed by atoms with van der Waals surface area (Å²) >= 11 is 0. The molecule has 0 saturated carbocycles. The van der Waals surface area contributed by atoms with Crippen molar-refractivity contribution >= 4 is 12.0 Å². The first-order chi connectivity index (χ1) is 18.9. The van der Waals surface area contributed by atoms with E-state index in [0.29, 0.717) is 54.5 Å². The molecule has 0 radical (unpaired) electrons. The van der Waals surface area contributed by atoms with Crippen LogP contribution in [0.1, 0.15) is 55.8 Å². The van der Waals surface area contributed by atoms with Crippen molar-refractivity contribution in [1.82, 2.24) is 20.4 Å². The minimum absolute atomic E-state index is 0.0504. The van der Waals surface area contributed by atoms with E-state index in [1.54, 1.807) is 23.1 Å². The molecular weight excluding hydrogens is 498 g/mol. The van der Waals surface area contributed by atoms with Gasteiger partial charge in [-0.25, -0.2) is 4.79 Å². The number of methoxy groups -OCH3 is 1. The number of hydrogen-bond acceptors (Lipinski definition) is 8. The van der Waals surface area contributed by atoms with E-state index in [1.165, 1.54) is 7.11 Å². The highest BCUT2D eigenvalue weighted by molar-refractivity contribution is 5.77. The fourth-order valence-electron chi connectivity index (χ4n) is 5.30. The first kappa shape index (κ1) is 26.2. The molecule has 0 spiro atoms. The quantitative estimate of drug-likeness (QED) is 0.457. The SMILES string of the molecule is COC(=O)C1CCN(C(=O)N[C@H]2CCc3c(-c4noc(-c5ccc(OC(C)C)c(C#N)c5)n4)cccc32)CC1. The number of ether oxygens (including phenoxy) is 2. The molecule has 2 heterocycles. The van der Waals surface area contributed by atoms with E-state index >= 15 is 0 Å². The van der Waals surface area contributed by atoms with Gasteiger partial charge in [0, 0.05) is 24.2 Å². The maximum Gasteiger partial charge on any atom is 0.317 e. The number of piperidine rings is 1. The Balaban J connectivity index is 1.30. The number of amides is 2. The molecule has 3 aromatic rings. The zero-order valence-electron chi connectivity index (χ0n) is 22.3. The van der Waals surface area contributed by atoms with Crippen molar-refractivity contribution in [2.75, 3.05) is 20.2 Å². The number of carbonyl (C=O) groups is 2. The molecule has 0 bridgehead atoms. The molecule has 1 aliphatic carbocycles. The highest BCUT2D eigenvalue weighted by Gasteiger charge is 2.32. The minimum atomic E-state index is -0.209. The fraction of sp³-hybridized carbons (Fsp3) is 0.414. The van der Waals surface area contributed by atoms with Crippen LogP contribution in [0.5, 0.6) is 5.75 Å². The summed E-state index contributed by atoms with van der Waals surface area (Å²) in [6.45, 7) is 4.86. The predicted molar refractivity (Wildman–Crippen MR) is 142 cm³/mol. The number of nitrogens with zero attached hydrogens (tertiary/aromatic N) is 4. The van der Waals surface area contributed by atoms with E-state index in [2.05, 4.69) is 21.5 Å². The van der Waals surface area contributed by atoms with Gasteiger partial charge in [-0.3, -0.25) is 4.79 Å². The number of urea groups is 1. The number of rotatable bonds is 6. The molecule has 5 rings (SSSR count). The summed E-state index contributed by atoms with van der Waals surface area (Å²) in [5.41, 5.74) is 4.01. The molecule has 0 unspecified atom stereocenters. The second-order valence-electron chi connectivity index (χ2n) is 10.1. The first-order valence-electron chi connectivity index (χ1n) is 13.2. The Bertz CT molecular complexity index is 1420. The Hall–Kier alpha value is -4.39. The maximum absolute atomic E-state index is 13.0. The number of likely N-dealkylation sites (tertiary alicyclic amines) is 1. The van der Waals surface area contributed by atoms with E-state index in [4.69, 9.17) is 14.0 Å². The highest BCUT2D eigenvalue weighted by atomic mass is 16.5. The summed E-state index contributed by atoms with van der Waals surface area (Å²) in [5, 5.41) is 16.9. The topological polar surface area (TPSA) is 131 Å². The Labute approximate surface area is 226 Å². The number of carbonyl (C=O) groups excluding carboxylic acids is 2. The van der Waals surface area contributed by atoms with Crippen LogP contribution in [0, 0.1) is 17.2 Å². The van der Waals surface area contributed by atoms with Gasteiger partial charge in [0.2, 0.25) is 5.82 Å². The van der Waals surface area contributed by atoms with Crippen LogP contribution in [0.15, 0.2) is 40.9 Å². The monoisotopic (exact) mass is 529 g/mol. The van der Waals surface area contributed by atoms with E-state index in [0.717, 1.165) is 29.5 Å². The van der Waals surface area contributed by atoms with Crippen LogP contribution in [-0.2, 0) is 16.0 Å². The summed E-state index contributed by atoms with van der Waals surface area (Å²) in [6, 6.07) is 13.0. The Morgan fingerprint density at radius 1 is 1.18 bits per heavy atom. The van der Waals surface area contributed by atoms with Crippen molar-refractivity contribution in [3.8, 4) is 34.7 Å². The van der Waals surface area contributed by atoms with Gasteiger partial charge in [-0.15, -0.1) is 0 Å². The number of fused-ring (bicyclic) bond motifs is 1. The molecular formula is C29H31N5O5. The summed E-state index contributed by atoms with van der Waals surface area (Å²) in [4.78, 5) is 31.2. The van der Waals surface area contributed by atoms with E-state index < -0.39 is 0 Å². The van der Waals surface area contributed by atoms with Crippen LogP contribution in [-0.4, -0.2) is 53.3 Å². The molecule has 2 aromatic carbocycles. The summed E-state index contributed by atoms with van der Waals surface area (Å²) in [5.74, 6) is 0.928. The molecule has 1 fully saturated rings. The van der Waals surface area contributed by atoms with Crippen molar-refractivity contribution in [1.29, 1.82) is 5.26 Å². The molecule has 1 N–H and O–H groups in total. The summed E-state index contributed by atoms with van der Waals surface area (Å²) in [7, 11) is 1.40. The van der Waals surface area contributed by atoms with Gasteiger partial charge in [-0.1, -0.05) is 23.4 Å². The maximum atomic E-state index is 13.0. The normalized spacial score (nSPS) is 17.0. The third-order valence-corrected chi connectivity index (χ3v) is 7.26. The Morgan fingerprint density at radius 2 is 1.97 bits per heavy atom. The lowest BCUT2D eigenvalue weighted by atomic mass is 9.97. The van der Waals surface area contributed by atoms with Crippen LogP contribution in [0.2, 0.25) is 0 Å². The van der Waals surface area contributed by atoms with E-state index in [9.17, 15) is 14.9 Å². The van der Waals surface area contributed by atoms with Crippen molar-refractivity contribution in [2.45, 2.75) is 51.7 Å². The molecule has 202 valence electrons. The fourth-order valence-corrected chi connectivity index (χ4v) is 5.30. The molecule has 1 saturated heterocycles. The van der Waals surface area contributed by atoms with Gasteiger partial charge in [0.25, 0.3) is 5.89 Å². The van der Waals surface area contributed by atoms with Gasteiger partial charge < -0.3 is 24.2 Å². The van der Waals surface area contributed by atoms with Gasteiger partial charge in [0.15, 0.2) is 0 Å². The number of nitriles is 1. The molecule has 2 amide bonds. The number of benzene rings is 2. The Kier molecular flexibility index (Phi) is 7.50. The van der Waals surface area contributed by atoms with Crippen LogP contribution in [0.25, 0.3) is 22.8 Å². The van der Waals surface area contributed by atoms with E-state index in [-0.39, 0.29) is 30.1 Å². The average molecular weight is 530 g/mol. The van der Waals surface area contributed by atoms with Crippen molar-refractivity contribution in [3.05, 3.63) is 53.1 Å². The molecule has 10 nitrogen and oxygen atoms in total. The largest absolute Gasteiger partial charge is 0.490 e. The highest BCUT2D eigenvalue weighted by Crippen LogP contribution is 2.38. The van der Waals surface area contributed by atoms with E-state index in [1.807, 2.05) is 32.0 Å². The lowest BCUT2D eigenvalue weighted by Gasteiger charge is -2.31. The summed E-state index contributed by atoms with van der Waals surface area (Å²) in [6.07, 6.45) is 2.70. The van der Waals surface area contributed by atoms with Crippen LogP contribution >= 0.6 is 0 Å². The van der Waals surface area contributed by atoms with Gasteiger partial charge in [0.1, 0.15) is 11.8 Å². The van der Waals surface area contributed by atoms with Gasteiger partial charge in [-0.2, -0.15) is 10.2 Å². The second kappa shape index (κ2) is 11.2. The third kappa shape index (κ3) is 5.43. The number of nitrogens with one attached hydrogen (secondary N) is 1. The lowest BCUT2D eigenvalue weighted by Crippen LogP contribution is -2.46. The molecule has 1 atom stereocenters. The zero-order chi connectivity index (χ0) is 27.5. The van der Waals surface area contributed by atoms with Crippen molar-refractivity contribution in [3.63, 3.8) is 0 Å². The van der Waals surface area contributed by atoms with Gasteiger partial charge in [0.05, 0.1) is 30.7 Å². The number of hydrogen-bond donors (Lipinski definition) is 1. The lowest BCUT2D eigenvalue weighted by molar-refractivity contribution is -0.146. The number of esters is 1. The Morgan fingerprint density at radius 3 is 2.69 bits per heavy atom. The number of aromatic nitrogens is 2.